The standard InChI is InChI=1S/C15H18F2N4.C9H9N3O2S.C4H8O.C2H6O.CH2O2/c1-18-12-9-21(10-5-3-2-4-6-10)20-15(12)14-11(16)7-8-13(17)19-14;1-14-6-12-3-7(2-10-12)9-11-8(4-13)5-15-9;1-2-3-4-5;1-2-3;2-1-3/h7-10,18H,2-6H2,1H3;2-5H,6H2,1H3;4H,2-3H2,1H3;3H,2H2,1H3;1H,(H,2,3). The number of carbonyl (C=O) groups is 3. The third kappa shape index (κ3) is 14.3. The van der Waals surface area contributed by atoms with Crippen LogP contribution in [0.1, 0.15) is 75.3 Å². The molecule has 16 heteroatoms. The summed E-state index contributed by atoms with van der Waals surface area (Å²) in [6, 6.07) is 2.42. The van der Waals surface area contributed by atoms with Crippen molar-refractivity contribution < 1.29 is 38.1 Å². The number of carboxylic acid groups (broad SMARTS) is 1. The molecule has 5 rings (SSSR count). The van der Waals surface area contributed by atoms with E-state index >= 15 is 0 Å². The highest BCUT2D eigenvalue weighted by atomic mass is 32.1. The zero-order valence-corrected chi connectivity index (χ0v) is 27.8. The molecular weight excluding hydrogens is 636 g/mol. The molecule has 1 aliphatic rings. The Morgan fingerprint density at radius 2 is 1.77 bits per heavy atom. The predicted octanol–water partition coefficient (Wildman–Crippen LogP) is 5.88. The first-order valence-corrected chi connectivity index (χ1v) is 15.8. The summed E-state index contributed by atoms with van der Waals surface area (Å²) in [5.74, 6) is -1.28. The molecule has 1 saturated carbocycles. The van der Waals surface area contributed by atoms with Gasteiger partial charge in [-0.1, -0.05) is 26.2 Å². The summed E-state index contributed by atoms with van der Waals surface area (Å²) in [6.45, 7) is 4.07. The molecule has 4 heterocycles. The largest absolute Gasteiger partial charge is 0.483 e. The van der Waals surface area contributed by atoms with Crippen LogP contribution in [-0.2, 0) is 21.1 Å². The molecule has 47 heavy (non-hydrogen) atoms. The summed E-state index contributed by atoms with van der Waals surface area (Å²) in [5.41, 5.74) is 2.33. The van der Waals surface area contributed by atoms with Crippen molar-refractivity contribution in [1.29, 1.82) is 0 Å². The molecule has 0 bridgehead atoms. The van der Waals surface area contributed by atoms with Gasteiger partial charge in [0.2, 0.25) is 5.95 Å². The van der Waals surface area contributed by atoms with E-state index in [4.69, 9.17) is 19.7 Å². The van der Waals surface area contributed by atoms with Crippen LogP contribution in [0.3, 0.4) is 0 Å². The minimum atomic E-state index is -0.708. The van der Waals surface area contributed by atoms with Gasteiger partial charge in [0, 0.05) is 50.5 Å². The maximum atomic E-state index is 13.9. The number of anilines is 1. The number of hydrogen-bond donors (Lipinski definition) is 3. The molecule has 0 radical (unpaired) electrons. The Labute approximate surface area is 276 Å². The van der Waals surface area contributed by atoms with Crippen molar-refractivity contribution in [3.05, 3.63) is 53.6 Å². The summed E-state index contributed by atoms with van der Waals surface area (Å²) in [4.78, 5) is 36.0. The van der Waals surface area contributed by atoms with Gasteiger partial charge in [-0.3, -0.25) is 14.3 Å². The number of methoxy groups -OCH3 is 1. The second kappa shape index (κ2) is 23.9. The smallest absolute Gasteiger partial charge is 0.290 e. The van der Waals surface area contributed by atoms with Gasteiger partial charge in [0.25, 0.3) is 6.47 Å². The first-order valence-electron chi connectivity index (χ1n) is 14.9. The Morgan fingerprint density at radius 3 is 2.30 bits per heavy atom. The number of ether oxygens (including phenoxy) is 1. The van der Waals surface area contributed by atoms with Crippen LogP contribution < -0.4 is 5.32 Å². The summed E-state index contributed by atoms with van der Waals surface area (Å²) in [5, 5.41) is 28.5. The van der Waals surface area contributed by atoms with Crippen molar-refractivity contribution >= 4 is 36.1 Å². The van der Waals surface area contributed by atoms with Crippen LogP contribution >= 0.6 is 11.3 Å². The van der Waals surface area contributed by atoms with Gasteiger partial charge in [-0.15, -0.1) is 11.3 Å². The maximum Gasteiger partial charge on any atom is 0.290 e. The number of hydrogen-bond acceptors (Lipinski definition) is 11. The molecule has 4 aromatic rings. The van der Waals surface area contributed by atoms with E-state index in [0.29, 0.717) is 36.3 Å². The third-order valence-electron chi connectivity index (χ3n) is 6.18. The zero-order valence-electron chi connectivity index (χ0n) is 27.0. The molecule has 0 unspecified atom stereocenters. The van der Waals surface area contributed by atoms with Gasteiger partial charge in [0.1, 0.15) is 35.1 Å². The highest BCUT2D eigenvalue weighted by molar-refractivity contribution is 7.13. The van der Waals surface area contributed by atoms with E-state index in [2.05, 4.69) is 25.5 Å². The normalized spacial score (nSPS) is 12.0. The lowest BCUT2D eigenvalue weighted by Crippen LogP contribution is -2.13. The molecule has 0 aliphatic heterocycles. The second-order valence-electron chi connectivity index (χ2n) is 9.64. The summed E-state index contributed by atoms with van der Waals surface area (Å²) >= 11 is 1.42. The topological polar surface area (TPSA) is 174 Å². The van der Waals surface area contributed by atoms with E-state index in [1.807, 2.05) is 24.0 Å². The van der Waals surface area contributed by atoms with Gasteiger partial charge < -0.3 is 25.1 Å². The fourth-order valence-electron chi connectivity index (χ4n) is 4.13. The maximum absolute atomic E-state index is 13.9. The van der Waals surface area contributed by atoms with Gasteiger partial charge in [-0.05, 0) is 38.3 Å². The van der Waals surface area contributed by atoms with Crippen molar-refractivity contribution in [2.75, 3.05) is 26.1 Å². The highest BCUT2D eigenvalue weighted by Gasteiger charge is 2.21. The molecule has 0 aromatic carbocycles. The number of thiazole rings is 1. The molecule has 0 amide bonds. The quantitative estimate of drug-likeness (QED) is 0.142. The number of aliphatic hydroxyl groups excluding tert-OH is 1. The molecule has 0 atom stereocenters. The van der Waals surface area contributed by atoms with Crippen molar-refractivity contribution in [3.63, 3.8) is 0 Å². The highest BCUT2D eigenvalue weighted by Crippen LogP contribution is 2.33. The van der Waals surface area contributed by atoms with Gasteiger partial charge in [-0.2, -0.15) is 14.6 Å². The predicted molar refractivity (Wildman–Crippen MR) is 175 cm³/mol. The van der Waals surface area contributed by atoms with E-state index in [1.165, 1.54) is 30.6 Å². The van der Waals surface area contributed by atoms with E-state index in [-0.39, 0.29) is 18.8 Å². The third-order valence-corrected chi connectivity index (χ3v) is 7.09. The first-order chi connectivity index (χ1) is 22.8. The Kier molecular flexibility index (Phi) is 20.6. The monoisotopic (exact) mass is 679 g/mol. The first kappa shape index (κ1) is 40.6. The van der Waals surface area contributed by atoms with E-state index in [0.717, 1.165) is 54.5 Å². The van der Waals surface area contributed by atoms with Gasteiger partial charge in [0.05, 0.1) is 17.9 Å². The average Bonchev–Trinajstić information content (AvgIpc) is 3.85. The average molecular weight is 680 g/mol. The van der Waals surface area contributed by atoms with Gasteiger partial charge in [0.15, 0.2) is 12.1 Å². The fraction of sp³-hybridized carbons (Fsp3) is 0.452. The van der Waals surface area contributed by atoms with Crippen LogP contribution in [0, 0.1) is 11.8 Å². The lowest BCUT2D eigenvalue weighted by molar-refractivity contribution is -0.122. The summed E-state index contributed by atoms with van der Waals surface area (Å²) in [7, 11) is 3.35. The lowest BCUT2D eigenvalue weighted by Gasteiger charge is -2.21. The van der Waals surface area contributed by atoms with Crippen LogP contribution in [0.4, 0.5) is 14.5 Å². The number of nitrogens with one attached hydrogen (secondary N) is 1. The number of pyridine rings is 1. The molecule has 258 valence electrons. The molecule has 13 nitrogen and oxygen atoms in total. The van der Waals surface area contributed by atoms with Gasteiger partial charge in [-0.25, -0.2) is 19.0 Å². The zero-order chi connectivity index (χ0) is 35.0. The molecule has 3 N–H and O–H groups in total. The Morgan fingerprint density at radius 1 is 1.09 bits per heavy atom. The lowest BCUT2D eigenvalue weighted by atomic mass is 9.96. The molecular formula is C31H43F2N7O6S. The van der Waals surface area contributed by atoms with E-state index in [1.54, 1.807) is 37.3 Å². The SMILES string of the molecule is CCCC=O.CCO.CNc1cn(C2CCCCC2)nc1-c1nc(F)ccc1F.COCn1cc(-c2nc(C=O)cs2)cn1.O=CO. The number of carbonyl (C=O) groups excluding carboxylic acids is 2. The molecule has 0 spiro atoms. The van der Waals surface area contributed by atoms with Crippen molar-refractivity contribution in [1.82, 2.24) is 29.5 Å². The molecule has 1 aliphatic carbocycles. The molecule has 4 aromatic heterocycles. The van der Waals surface area contributed by atoms with Crippen molar-refractivity contribution in [3.8, 4) is 22.0 Å². The van der Waals surface area contributed by atoms with Crippen LogP contribution in [0.25, 0.3) is 22.0 Å². The second-order valence-corrected chi connectivity index (χ2v) is 10.5. The number of unbranched alkanes of at least 4 members (excludes halogenated alkanes) is 1. The van der Waals surface area contributed by atoms with Gasteiger partial charge >= 0.3 is 0 Å². The summed E-state index contributed by atoms with van der Waals surface area (Å²) < 4.78 is 35.7. The number of rotatable bonds is 9. The number of aromatic nitrogens is 6. The molecule has 0 saturated heterocycles. The Bertz CT molecular complexity index is 1460. The van der Waals surface area contributed by atoms with E-state index < -0.39 is 11.8 Å². The van der Waals surface area contributed by atoms with Crippen molar-refractivity contribution in [2.45, 2.75) is 71.6 Å². The van der Waals surface area contributed by atoms with Crippen LogP contribution in [0.5, 0.6) is 0 Å². The minimum Gasteiger partial charge on any atom is -0.483 e. The summed E-state index contributed by atoms with van der Waals surface area (Å²) in [6.07, 6.45) is 14.5. The fourth-order valence-corrected chi connectivity index (χ4v) is 4.87. The Hall–Kier alpha value is -4.41. The van der Waals surface area contributed by atoms with Crippen LogP contribution in [0.2, 0.25) is 0 Å². The van der Waals surface area contributed by atoms with E-state index in [9.17, 15) is 18.4 Å². The van der Waals surface area contributed by atoms with Crippen molar-refractivity contribution in [2.24, 2.45) is 0 Å². The molecule has 1 fully saturated rings. The Balaban J connectivity index is 0.000000369. The van der Waals surface area contributed by atoms with Crippen LogP contribution in [-0.4, -0.2) is 79.6 Å². The number of halogens is 2. The number of aliphatic hydroxyl groups is 1. The number of aldehydes is 2. The number of nitrogens with zero attached hydrogens (tertiary/aromatic N) is 6. The minimum absolute atomic E-state index is 0.0473. The van der Waals surface area contributed by atoms with Crippen LogP contribution in [0.15, 0.2) is 36.1 Å².